The molecule has 0 bridgehead atoms. The molecule has 0 spiro atoms. The molecule has 0 aliphatic carbocycles. The SMILES string of the molecule is c1ccc(-n2c3ccccc3c3cc(-c4ccc(-n5c6ccccc6c6ncncc65)cc4)ccc32)cc1. The normalized spacial score (nSPS) is 11.7. The first-order valence-electron chi connectivity index (χ1n) is 12.8. The zero-order valence-electron chi connectivity index (χ0n) is 20.5. The quantitative estimate of drug-likeness (QED) is 0.252. The van der Waals surface area contributed by atoms with Crippen molar-refractivity contribution in [3.8, 4) is 22.5 Å². The van der Waals surface area contributed by atoms with Gasteiger partial charge >= 0.3 is 0 Å². The molecule has 0 fully saturated rings. The summed E-state index contributed by atoms with van der Waals surface area (Å²) in [4.78, 5) is 8.87. The molecule has 4 heteroatoms. The van der Waals surface area contributed by atoms with Crippen molar-refractivity contribution in [2.75, 3.05) is 0 Å². The predicted molar refractivity (Wildman–Crippen MR) is 156 cm³/mol. The minimum absolute atomic E-state index is 0.972. The van der Waals surface area contributed by atoms with Crippen molar-refractivity contribution >= 4 is 43.7 Å². The van der Waals surface area contributed by atoms with Crippen LogP contribution in [0.3, 0.4) is 0 Å². The van der Waals surface area contributed by atoms with Gasteiger partial charge in [0.2, 0.25) is 0 Å². The molecule has 3 heterocycles. The molecule has 3 aromatic heterocycles. The highest BCUT2D eigenvalue weighted by Gasteiger charge is 2.15. The number of hydrogen-bond donors (Lipinski definition) is 0. The largest absolute Gasteiger partial charge is 0.309 e. The second-order valence-electron chi connectivity index (χ2n) is 9.58. The zero-order chi connectivity index (χ0) is 25.1. The third-order valence-electron chi connectivity index (χ3n) is 7.48. The fourth-order valence-corrected chi connectivity index (χ4v) is 5.78. The van der Waals surface area contributed by atoms with Crippen LogP contribution < -0.4 is 0 Å². The highest BCUT2D eigenvalue weighted by molar-refractivity contribution is 6.10. The van der Waals surface area contributed by atoms with Crippen LogP contribution in [0.4, 0.5) is 0 Å². The van der Waals surface area contributed by atoms with E-state index in [9.17, 15) is 0 Å². The van der Waals surface area contributed by atoms with Gasteiger partial charge in [-0.3, -0.25) is 0 Å². The number of aromatic nitrogens is 4. The van der Waals surface area contributed by atoms with Crippen molar-refractivity contribution in [2.24, 2.45) is 0 Å². The van der Waals surface area contributed by atoms with Crippen molar-refractivity contribution in [1.82, 2.24) is 19.1 Å². The first kappa shape index (κ1) is 20.9. The minimum atomic E-state index is 0.972. The summed E-state index contributed by atoms with van der Waals surface area (Å²) in [6.07, 6.45) is 3.51. The summed E-state index contributed by atoms with van der Waals surface area (Å²) >= 11 is 0. The van der Waals surface area contributed by atoms with E-state index in [0.29, 0.717) is 0 Å². The van der Waals surface area contributed by atoms with Gasteiger partial charge in [-0.15, -0.1) is 0 Å². The van der Waals surface area contributed by atoms with Gasteiger partial charge < -0.3 is 9.13 Å². The van der Waals surface area contributed by atoms with E-state index in [4.69, 9.17) is 0 Å². The van der Waals surface area contributed by atoms with Gasteiger partial charge in [-0.1, -0.05) is 72.8 Å². The van der Waals surface area contributed by atoms with E-state index in [1.54, 1.807) is 6.33 Å². The molecule has 8 aromatic rings. The Hall–Kier alpha value is -5.22. The molecule has 0 saturated carbocycles. The maximum atomic E-state index is 4.56. The Labute approximate surface area is 219 Å². The van der Waals surface area contributed by atoms with Crippen molar-refractivity contribution in [3.63, 3.8) is 0 Å². The lowest BCUT2D eigenvalue weighted by Gasteiger charge is -2.10. The average molecular weight is 487 g/mol. The van der Waals surface area contributed by atoms with Crippen LogP contribution in [0.2, 0.25) is 0 Å². The van der Waals surface area contributed by atoms with Gasteiger partial charge in [0.1, 0.15) is 6.33 Å². The Balaban J connectivity index is 1.27. The van der Waals surface area contributed by atoms with E-state index in [1.807, 2.05) is 6.20 Å². The fraction of sp³-hybridized carbons (Fsp3) is 0. The van der Waals surface area contributed by atoms with Gasteiger partial charge in [0, 0.05) is 27.5 Å². The summed E-state index contributed by atoms with van der Waals surface area (Å²) in [6.45, 7) is 0. The van der Waals surface area contributed by atoms with Crippen LogP contribution in [0.15, 0.2) is 134 Å². The number of hydrogen-bond acceptors (Lipinski definition) is 2. The summed E-state index contributed by atoms with van der Waals surface area (Å²) in [5, 5.41) is 3.65. The molecule has 0 N–H and O–H groups in total. The van der Waals surface area contributed by atoms with E-state index in [0.717, 1.165) is 27.6 Å². The first-order chi connectivity index (χ1) is 18.9. The molecule has 0 atom stereocenters. The lowest BCUT2D eigenvalue weighted by atomic mass is 10.0. The van der Waals surface area contributed by atoms with Crippen LogP contribution >= 0.6 is 0 Å². The molecule has 0 amide bonds. The molecule has 0 saturated heterocycles. The summed E-state index contributed by atoms with van der Waals surface area (Å²) in [7, 11) is 0. The molecule has 0 aliphatic heterocycles. The molecule has 8 rings (SSSR count). The molecule has 0 unspecified atom stereocenters. The maximum Gasteiger partial charge on any atom is 0.116 e. The van der Waals surface area contributed by atoms with Gasteiger partial charge in [-0.2, -0.15) is 0 Å². The number of nitrogens with zero attached hydrogens (tertiary/aromatic N) is 4. The van der Waals surface area contributed by atoms with Gasteiger partial charge in [-0.05, 0) is 59.7 Å². The van der Waals surface area contributed by atoms with E-state index in [-0.39, 0.29) is 0 Å². The van der Waals surface area contributed by atoms with Crippen LogP contribution in [0.1, 0.15) is 0 Å². The lowest BCUT2D eigenvalue weighted by molar-refractivity contribution is 1.14. The molecule has 4 nitrogen and oxygen atoms in total. The second kappa shape index (κ2) is 8.15. The van der Waals surface area contributed by atoms with E-state index < -0.39 is 0 Å². The first-order valence-corrected chi connectivity index (χ1v) is 12.8. The Bertz CT molecular complexity index is 2060. The van der Waals surface area contributed by atoms with Crippen LogP contribution in [-0.4, -0.2) is 19.1 Å². The van der Waals surface area contributed by atoms with Gasteiger partial charge in [0.25, 0.3) is 0 Å². The summed E-state index contributed by atoms with van der Waals surface area (Å²) in [5.74, 6) is 0. The fourth-order valence-electron chi connectivity index (χ4n) is 5.78. The number of para-hydroxylation sites is 3. The Morgan fingerprint density at radius 3 is 1.87 bits per heavy atom. The molecule has 0 aliphatic rings. The molecular formula is C34H22N4. The highest BCUT2D eigenvalue weighted by atomic mass is 15.0. The van der Waals surface area contributed by atoms with E-state index >= 15 is 0 Å². The molecule has 38 heavy (non-hydrogen) atoms. The van der Waals surface area contributed by atoms with E-state index in [2.05, 4.69) is 140 Å². The molecule has 5 aromatic carbocycles. The Morgan fingerprint density at radius 2 is 1.05 bits per heavy atom. The summed E-state index contributed by atoms with van der Waals surface area (Å²) in [6, 6.07) is 43.2. The van der Waals surface area contributed by atoms with Gasteiger partial charge in [0.05, 0.1) is 33.8 Å². The Kier molecular flexibility index (Phi) is 4.49. The monoisotopic (exact) mass is 486 g/mol. The summed E-state index contributed by atoms with van der Waals surface area (Å²) < 4.78 is 4.59. The molecule has 0 radical (unpaired) electrons. The van der Waals surface area contributed by atoms with Gasteiger partial charge in [0.15, 0.2) is 0 Å². The van der Waals surface area contributed by atoms with Crippen molar-refractivity contribution in [3.05, 3.63) is 134 Å². The molecular weight excluding hydrogens is 464 g/mol. The standard InChI is InChI=1S/C34H22N4/c1-2-8-25(9-3-1)37-30-12-6-4-10-27(30)29-20-24(16-19-32(29)37)23-14-17-26(18-15-23)38-31-13-7-5-11-28(31)34-33(38)21-35-22-36-34/h1-22H. The lowest BCUT2D eigenvalue weighted by Crippen LogP contribution is -1.94. The smallest absolute Gasteiger partial charge is 0.116 e. The van der Waals surface area contributed by atoms with Crippen molar-refractivity contribution in [2.45, 2.75) is 0 Å². The summed E-state index contributed by atoms with van der Waals surface area (Å²) in [5.41, 5.74) is 10.2. The predicted octanol–water partition coefficient (Wildman–Crippen LogP) is 8.34. The van der Waals surface area contributed by atoms with E-state index in [1.165, 1.54) is 38.6 Å². The third kappa shape index (κ3) is 3.04. The van der Waals surface area contributed by atoms with Gasteiger partial charge in [-0.25, -0.2) is 9.97 Å². The van der Waals surface area contributed by atoms with Crippen LogP contribution in [0, 0.1) is 0 Å². The number of rotatable bonds is 3. The van der Waals surface area contributed by atoms with Crippen molar-refractivity contribution < 1.29 is 0 Å². The number of benzene rings is 5. The van der Waals surface area contributed by atoms with Crippen LogP contribution in [-0.2, 0) is 0 Å². The third-order valence-corrected chi connectivity index (χ3v) is 7.48. The average Bonchev–Trinajstić information content (AvgIpc) is 3.50. The van der Waals surface area contributed by atoms with Crippen molar-refractivity contribution in [1.29, 1.82) is 0 Å². The highest BCUT2D eigenvalue weighted by Crippen LogP contribution is 2.36. The Morgan fingerprint density at radius 1 is 0.447 bits per heavy atom. The topological polar surface area (TPSA) is 35.6 Å². The van der Waals surface area contributed by atoms with Crippen LogP contribution in [0.25, 0.3) is 66.2 Å². The van der Waals surface area contributed by atoms with Crippen LogP contribution in [0.5, 0.6) is 0 Å². The number of fused-ring (bicyclic) bond motifs is 6. The zero-order valence-corrected chi connectivity index (χ0v) is 20.5. The minimum Gasteiger partial charge on any atom is -0.309 e. The second-order valence-corrected chi connectivity index (χ2v) is 9.58. The molecule has 178 valence electrons. The maximum absolute atomic E-state index is 4.56.